The minimum absolute atomic E-state index is 0.0184. The minimum atomic E-state index is -0.0184. The molecular weight excluding hydrogens is 330 g/mol. The van der Waals surface area contributed by atoms with Crippen LogP contribution in [0.2, 0.25) is 5.02 Å². The molecule has 0 saturated carbocycles. The van der Waals surface area contributed by atoms with Crippen LogP contribution in [0.3, 0.4) is 0 Å². The van der Waals surface area contributed by atoms with Crippen molar-refractivity contribution in [2.75, 3.05) is 5.75 Å². The van der Waals surface area contributed by atoms with Gasteiger partial charge in [0, 0.05) is 23.7 Å². The van der Waals surface area contributed by atoms with E-state index in [0.29, 0.717) is 40.0 Å². The van der Waals surface area contributed by atoms with E-state index in [1.165, 1.54) is 11.8 Å². The molecule has 122 valence electrons. The van der Waals surface area contributed by atoms with Crippen molar-refractivity contribution in [3.63, 3.8) is 0 Å². The molecule has 4 nitrogen and oxygen atoms in total. The second-order valence-electron chi connectivity index (χ2n) is 5.81. The minimum Gasteiger partial charge on any atom is -0.287 e. The summed E-state index contributed by atoms with van der Waals surface area (Å²) in [6.07, 6.45) is 2.23. The van der Waals surface area contributed by atoms with Gasteiger partial charge >= 0.3 is 0 Å². The van der Waals surface area contributed by atoms with Gasteiger partial charge in [0.25, 0.3) is 5.56 Å². The second-order valence-corrected chi connectivity index (χ2v) is 7.30. The number of fused-ring (bicyclic) bond motifs is 1. The summed E-state index contributed by atoms with van der Waals surface area (Å²) in [4.78, 5) is 17.4. The Morgan fingerprint density at radius 3 is 2.91 bits per heavy atom. The molecule has 1 aromatic heterocycles. The van der Waals surface area contributed by atoms with E-state index in [9.17, 15) is 4.79 Å². The maximum Gasteiger partial charge on any atom is 0.262 e. The van der Waals surface area contributed by atoms with E-state index in [4.69, 9.17) is 16.9 Å². The van der Waals surface area contributed by atoms with E-state index in [2.05, 4.69) is 24.9 Å². The van der Waals surface area contributed by atoms with Crippen LogP contribution < -0.4 is 5.56 Å². The van der Waals surface area contributed by atoms with Crippen LogP contribution in [0.4, 0.5) is 0 Å². The number of hydrogen-bond donors (Lipinski definition) is 0. The zero-order valence-corrected chi connectivity index (χ0v) is 15.0. The van der Waals surface area contributed by atoms with E-state index >= 15 is 0 Å². The number of aromatic nitrogens is 2. The summed E-state index contributed by atoms with van der Waals surface area (Å²) in [6.45, 7) is 4.93. The average molecular weight is 350 g/mol. The molecule has 23 heavy (non-hydrogen) atoms. The Balaban J connectivity index is 2.40. The molecular formula is C17H20ClN3OS. The lowest BCUT2D eigenvalue weighted by atomic mass is 10.1. The molecule has 1 heterocycles. The third kappa shape index (κ3) is 4.73. The Bertz CT molecular complexity index is 780. The highest BCUT2D eigenvalue weighted by atomic mass is 35.5. The number of unbranched alkanes of at least 4 members (excludes halogenated alkanes) is 1. The number of rotatable bonds is 7. The third-order valence-electron chi connectivity index (χ3n) is 3.48. The maximum atomic E-state index is 12.8. The highest BCUT2D eigenvalue weighted by molar-refractivity contribution is 7.99. The molecule has 1 aromatic carbocycles. The molecule has 0 unspecified atom stereocenters. The number of thioether (sulfide) groups is 1. The monoisotopic (exact) mass is 349 g/mol. The summed E-state index contributed by atoms with van der Waals surface area (Å²) in [5.74, 6) is 1.28. The molecule has 6 heteroatoms. The van der Waals surface area contributed by atoms with Crippen LogP contribution in [-0.4, -0.2) is 15.3 Å². The fraction of sp³-hybridized carbons (Fsp3) is 0.471. The topological polar surface area (TPSA) is 58.7 Å². The van der Waals surface area contributed by atoms with Gasteiger partial charge in [-0.3, -0.25) is 9.36 Å². The lowest BCUT2D eigenvalue weighted by molar-refractivity contribution is 0.481. The van der Waals surface area contributed by atoms with Crippen molar-refractivity contribution in [2.45, 2.75) is 44.8 Å². The number of nitriles is 1. The zero-order valence-electron chi connectivity index (χ0n) is 13.4. The van der Waals surface area contributed by atoms with Crippen LogP contribution in [0.15, 0.2) is 28.2 Å². The molecule has 0 spiro atoms. The van der Waals surface area contributed by atoms with Crippen LogP contribution in [0.1, 0.15) is 33.1 Å². The Morgan fingerprint density at radius 2 is 2.22 bits per heavy atom. The smallest absolute Gasteiger partial charge is 0.262 e. The molecule has 0 atom stereocenters. The van der Waals surface area contributed by atoms with Crippen molar-refractivity contribution in [2.24, 2.45) is 5.92 Å². The first kappa shape index (κ1) is 17.8. The van der Waals surface area contributed by atoms with Gasteiger partial charge in [0.05, 0.1) is 17.0 Å². The van der Waals surface area contributed by atoms with E-state index < -0.39 is 0 Å². The molecule has 0 aliphatic rings. The van der Waals surface area contributed by atoms with Crippen molar-refractivity contribution in [3.8, 4) is 6.07 Å². The van der Waals surface area contributed by atoms with Gasteiger partial charge in [-0.15, -0.1) is 0 Å². The second kappa shape index (κ2) is 8.37. The molecule has 0 aliphatic heterocycles. The van der Waals surface area contributed by atoms with Gasteiger partial charge in [0.1, 0.15) is 0 Å². The lowest BCUT2D eigenvalue weighted by Gasteiger charge is -2.14. The quantitative estimate of drug-likeness (QED) is 0.419. The standard InChI is InChI=1S/C17H20ClN3OS/c1-12(2)7-9-21-16(22)14-6-5-13(18)11-15(14)20-17(21)23-10-4-3-8-19/h5-6,11-12H,3-4,7,9-10H2,1-2H3. The predicted molar refractivity (Wildman–Crippen MR) is 96.0 cm³/mol. The van der Waals surface area contributed by atoms with Gasteiger partial charge in [-0.2, -0.15) is 5.26 Å². The number of benzene rings is 1. The summed E-state index contributed by atoms with van der Waals surface area (Å²) in [5, 5.41) is 10.5. The normalized spacial score (nSPS) is 11.1. The maximum absolute atomic E-state index is 12.8. The third-order valence-corrected chi connectivity index (χ3v) is 4.77. The van der Waals surface area contributed by atoms with Crippen LogP contribution >= 0.6 is 23.4 Å². The molecule has 0 N–H and O–H groups in total. The van der Waals surface area contributed by atoms with Gasteiger partial charge < -0.3 is 0 Å². The van der Waals surface area contributed by atoms with Crippen molar-refractivity contribution < 1.29 is 0 Å². The Kier molecular flexibility index (Phi) is 6.49. The molecule has 0 bridgehead atoms. The number of nitrogens with zero attached hydrogens (tertiary/aromatic N) is 3. The molecule has 0 aliphatic carbocycles. The number of halogens is 1. The van der Waals surface area contributed by atoms with Crippen LogP contribution in [-0.2, 0) is 6.54 Å². The summed E-state index contributed by atoms with van der Waals surface area (Å²) in [6, 6.07) is 7.32. The highest BCUT2D eigenvalue weighted by Crippen LogP contribution is 2.22. The summed E-state index contributed by atoms with van der Waals surface area (Å²) in [7, 11) is 0. The summed E-state index contributed by atoms with van der Waals surface area (Å²) in [5.41, 5.74) is 0.612. The Labute approximate surface area is 145 Å². The van der Waals surface area contributed by atoms with Crippen molar-refractivity contribution in [1.29, 1.82) is 5.26 Å². The SMILES string of the molecule is CC(C)CCn1c(SCCCC#N)nc2cc(Cl)ccc2c1=O. The molecule has 2 rings (SSSR count). The van der Waals surface area contributed by atoms with E-state index in [1.807, 2.05) is 0 Å². The first-order chi connectivity index (χ1) is 11.0. The fourth-order valence-electron chi connectivity index (χ4n) is 2.18. The molecule has 0 radical (unpaired) electrons. The summed E-state index contributed by atoms with van der Waals surface area (Å²) < 4.78 is 1.76. The highest BCUT2D eigenvalue weighted by Gasteiger charge is 2.12. The Morgan fingerprint density at radius 1 is 1.43 bits per heavy atom. The lowest BCUT2D eigenvalue weighted by Crippen LogP contribution is -2.24. The van der Waals surface area contributed by atoms with Crippen LogP contribution in [0.5, 0.6) is 0 Å². The van der Waals surface area contributed by atoms with Crippen molar-refractivity contribution in [3.05, 3.63) is 33.6 Å². The van der Waals surface area contributed by atoms with Gasteiger partial charge in [-0.05, 0) is 37.0 Å². The van der Waals surface area contributed by atoms with Gasteiger partial charge in [0.15, 0.2) is 5.16 Å². The van der Waals surface area contributed by atoms with Gasteiger partial charge in [-0.1, -0.05) is 37.2 Å². The van der Waals surface area contributed by atoms with Gasteiger partial charge in [-0.25, -0.2) is 4.98 Å². The van der Waals surface area contributed by atoms with E-state index in [1.54, 1.807) is 22.8 Å². The number of hydrogen-bond acceptors (Lipinski definition) is 4. The molecule has 0 fully saturated rings. The summed E-state index contributed by atoms with van der Waals surface area (Å²) >= 11 is 7.55. The van der Waals surface area contributed by atoms with Crippen molar-refractivity contribution >= 4 is 34.3 Å². The zero-order chi connectivity index (χ0) is 16.8. The molecule has 0 amide bonds. The van der Waals surface area contributed by atoms with E-state index in [-0.39, 0.29) is 5.56 Å². The first-order valence-corrected chi connectivity index (χ1v) is 9.09. The van der Waals surface area contributed by atoms with Gasteiger partial charge in [0.2, 0.25) is 0 Å². The largest absolute Gasteiger partial charge is 0.287 e. The first-order valence-electron chi connectivity index (χ1n) is 7.72. The van der Waals surface area contributed by atoms with Crippen molar-refractivity contribution in [1.82, 2.24) is 9.55 Å². The predicted octanol–water partition coefficient (Wildman–Crippen LogP) is 4.49. The fourth-order valence-corrected chi connectivity index (χ4v) is 3.31. The van der Waals surface area contributed by atoms with E-state index in [0.717, 1.165) is 18.6 Å². The molecule has 2 aromatic rings. The van der Waals surface area contributed by atoms with Crippen LogP contribution in [0.25, 0.3) is 10.9 Å². The Hall–Kier alpha value is -1.51. The average Bonchev–Trinajstić information content (AvgIpc) is 2.50. The van der Waals surface area contributed by atoms with Crippen LogP contribution in [0, 0.1) is 17.2 Å². The molecule has 0 saturated heterocycles.